The molecule has 144 valence electrons. The van der Waals surface area contributed by atoms with Crippen molar-refractivity contribution >= 4 is 23.3 Å². The molecule has 27 heavy (non-hydrogen) atoms. The number of urea groups is 1. The topological polar surface area (TPSA) is 35.6 Å². The molecule has 1 N–H and O–H groups in total. The molecule has 1 aliphatic rings. The second-order valence-electron chi connectivity index (χ2n) is 6.40. The van der Waals surface area contributed by atoms with E-state index in [9.17, 15) is 18.0 Å². The molecule has 0 aromatic heterocycles. The molecule has 0 bridgehead atoms. The number of piperazine rings is 1. The van der Waals surface area contributed by atoms with E-state index < -0.39 is 11.7 Å². The SMILES string of the molecule is O=C(Nc1ccc(Cl)cc1)N1CCN(Cc2cccc(C(F)(F)F)c2)CC1. The molecule has 8 heteroatoms. The van der Waals surface area contributed by atoms with E-state index in [1.807, 2.05) is 4.90 Å². The Morgan fingerprint density at radius 2 is 1.70 bits per heavy atom. The van der Waals surface area contributed by atoms with Crippen LogP contribution in [0.1, 0.15) is 11.1 Å². The molecule has 1 heterocycles. The van der Waals surface area contributed by atoms with E-state index in [1.54, 1.807) is 35.2 Å². The predicted molar refractivity (Wildman–Crippen MR) is 98.8 cm³/mol. The zero-order valence-corrected chi connectivity index (χ0v) is 15.2. The quantitative estimate of drug-likeness (QED) is 0.814. The summed E-state index contributed by atoms with van der Waals surface area (Å²) < 4.78 is 38.4. The summed E-state index contributed by atoms with van der Waals surface area (Å²) in [6.07, 6.45) is -4.34. The standard InChI is InChI=1S/C19H19ClF3N3O/c20-16-4-6-17(7-5-16)24-18(27)26-10-8-25(9-11-26)13-14-2-1-3-15(12-14)19(21,22)23/h1-7,12H,8-11,13H2,(H,24,27). The van der Waals surface area contributed by atoms with E-state index in [2.05, 4.69) is 5.32 Å². The van der Waals surface area contributed by atoms with Crippen LogP contribution < -0.4 is 5.32 Å². The zero-order chi connectivity index (χ0) is 19.4. The number of anilines is 1. The first-order valence-corrected chi connectivity index (χ1v) is 8.89. The highest BCUT2D eigenvalue weighted by Gasteiger charge is 2.30. The fourth-order valence-electron chi connectivity index (χ4n) is 2.95. The first-order chi connectivity index (χ1) is 12.8. The first-order valence-electron chi connectivity index (χ1n) is 8.51. The number of carbonyl (C=O) groups excluding carboxylic acids is 1. The molecule has 4 nitrogen and oxygen atoms in total. The number of carbonyl (C=O) groups is 1. The average molecular weight is 398 g/mol. The van der Waals surface area contributed by atoms with Crippen molar-refractivity contribution in [3.63, 3.8) is 0 Å². The number of rotatable bonds is 3. The highest BCUT2D eigenvalue weighted by molar-refractivity contribution is 6.30. The molecule has 0 unspecified atom stereocenters. The Morgan fingerprint density at radius 3 is 2.33 bits per heavy atom. The molecule has 1 aliphatic heterocycles. The van der Waals surface area contributed by atoms with Crippen LogP contribution in [0.2, 0.25) is 5.02 Å². The number of benzene rings is 2. The second-order valence-corrected chi connectivity index (χ2v) is 6.83. The Hall–Kier alpha value is -2.25. The molecular weight excluding hydrogens is 379 g/mol. The van der Waals surface area contributed by atoms with Gasteiger partial charge in [-0.3, -0.25) is 4.90 Å². The van der Waals surface area contributed by atoms with Gasteiger partial charge in [-0.2, -0.15) is 13.2 Å². The van der Waals surface area contributed by atoms with Crippen molar-refractivity contribution in [1.82, 2.24) is 9.80 Å². The van der Waals surface area contributed by atoms with Crippen LogP contribution in [0.15, 0.2) is 48.5 Å². The smallest absolute Gasteiger partial charge is 0.322 e. The van der Waals surface area contributed by atoms with Gasteiger partial charge in [0.25, 0.3) is 0 Å². The number of hydrogen-bond acceptors (Lipinski definition) is 2. The summed E-state index contributed by atoms with van der Waals surface area (Å²) >= 11 is 5.82. The van der Waals surface area contributed by atoms with Crippen LogP contribution in [0.25, 0.3) is 0 Å². The second kappa shape index (κ2) is 8.19. The lowest BCUT2D eigenvalue weighted by Gasteiger charge is -2.34. The summed E-state index contributed by atoms with van der Waals surface area (Å²) in [5.41, 5.74) is 0.640. The van der Waals surface area contributed by atoms with E-state index in [4.69, 9.17) is 11.6 Å². The van der Waals surface area contributed by atoms with Gasteiger partial charge in [0.05, 0.1) is 5.56 Å². The predicted octanol–water partition coefficient (Wildman–Crippen LogP) is 4.71. The Labute approximate surface area is 160 Å². The van der Waals surface area contributed by atoms with E-state index in [0.717, 1.165) is 6.07 Å². The summed E-state index contributed by atoms with van der Waals surface area (Å²) in [5.74, 6) is 0. The van der Waals surface area contributed by atoms with E-state index in [1.165, 1.54) is 12.1 Å². The van der Waals surface area contributed by atoms with Gasteiger partial charge in [0.15, 0.2) is 0 Å². The van der Waals surface area contributed by atoms with Crippen molar-refractivity contribution in [2.75, 3.05) is 31.5 Å². The molecule has 1 fully saturated rings. The Kier molecular flexibility index (Phi) is 5.92. The molecule has 1 saturated heterocycles. The fraction of sp³-hybridized carbons (Fsp3) is 0.316. The molecule has 0 saturated carbocycles. The minimum Gasteiger partial charge on any atom is -0.322 e. The third-order valence-electron chi connectivity index (χ3n) is 4.42. The average Bonchev–Trinajstić information content (AvgIpc) is 2.64. The third kappa shape index (κ3) is 5.37. The van der Waals surface area contributed by atoms with Crippen LogP contribution in [0, 0.1) is 0 Å². The minimum absolute atomic E-state index is 0.198. The zero-order valence-electron chi connectivity index (χ0n) is 14.5. The van der Waals surface area contributed by atoms with Gasteiger partial charge in [-0.1, -0.05) is 29.8 Å². The lowest BCUT2D eigenvalue weighted by Crippen LogP contribution is -2.49. The summed E-state index contributed by atoms with van der Waals surface area (Å²) in [6, 6.07) is 12.0. The van der Waals surface area contributed by atoms with E-state index in [0.29, 0.717) is 49.0 Å². The number of alkyl halides is 3. The Morgan fingerprint density at radius 1 is 1.04 bits per heavy atom. The van der Waals surface area contributed by atoms with Crippen LogP contribution >= 0.6 is 11.6 Å². The maximum absolute atomic E-state index is 12.8. The monoisotopic (exact) mass is 397 g/mol. The van der Waals surface area contributed by atoms with Crippen LogP contribution in [0.4, 0.5) is 23.7 Å². The van der Waals surface area contributed by atoms with Crippen molar-refractivity contribution in [1.29, 1.82) is 0 Å². The van der Waals surface area contributed by atoms with Gasteiger partial charge in [-0.25, -0.2) is 4.79 Å². The van der Waals surface area contributed by atoms with E-state index >= 15 is 0 Å². The summed E-state index contributed by atoms with van der Waals surface area (Å²) in [7, 11) is 0. The minimum atomic E-state index is -4.34. The van der Waals surface area contributed by atoms with Gasteiger partial charge in [-0.05, 0) is 35.9 Å². The lowest BCUT2D eigenvalue weighted by atomic mass is 10.1. The van der Waals surface area contributed by atoms with Gasteiger partial charge >= 0.3 is 12.2 Å². The maximum Gasteiger partial charge on any atom is 0.416 e. The molecule has 0 aliphatic carbocycles. The molecular formula is C19H19ClF3N3O. The van der Waals surface area contributed by atoms with E-state index in [-0.39, 0.29) is 6.03 Å². The van der Waals surface area contributed by atoms with Crippen molar-refractivity contribution in [3.8, 4) is 0 Å². The molecule has 3 rings (SSSR count). The highest BCUT2D eigenvalue weighted by atomic mass is 35.5. The fourth-order valence-corrected chi connectivity index (χ4v) is 3.08. The number of amides is 2. The first kappa shape index (κ1) is 19.5. The Balaban J connectivity index is 1.51. The van der Waals surface area contributed by atoms with Crippen molar-refractivity contribution < 1.29 is 18.0 Å². The van der Waals surface area contributed by atoms with Gasteiger partial charge in [-0.15, -0.1) is 0 Å². The molecule has 0 radical (unpaired) electrons. The Bertz CT molecular complexity index is 788. The summed E-state index contributed by atoms with van der Waals surface area (Å²) in [5, 5.41) is 3.41. The number of nitrogens with zero attached hydrogens (tertiary/aromatic N) is 2. The largest absolute Gasteiger partial charge is 0.416 e. The maximum atomic E-state index is 12.8. The van der Waals surface area contributed by atoms with Gasteiger partial charge in [0, 0.05) is 43.4 Å². The molecule has 2 amide bonds. The van der Waals surface area contributed by atoms with Gasteiger partial charge < -0.3 is 10.2 Å². The van der Waals surface area contributed by atoms with Crippen LogP contribution in [-0.4, -0.2) is 42.0 Å². The number of nitrogens with one attached hydrogen (secondary N) is 1. The normalized spacial score (nSPS) is 15.6. The van der Waals surface area contributed by atoms with Crippen LogP contribution in [-0.2, 0) is 12.7 Å². The third-order valence-corrected chi connectivity index (χ3v) is 4.67. The number of hydrogen-bond donors (Lipinski definition) is 1. The van der Waals surface area contributed by atoms with Crippen LogP contribution in [0.5, 0.6) is 0 Å². The summed E-state index contributed by atoms with van der Waals surface area (Å²) in [4.78, 5) is 16.0. The van der Waals surface area contributed by atoms with Gasteiger partial charge in [0.2, 0.25) is 0 Å². The molecule has 2 aromatic carbocycles. The molecule has 0 spiro atoms. The highest BCUT2D eigenvalue weighted by Crippen LogP contribution is 2.29. The lowest BCUT2D eigenvalue weighted by molar-refractivity contribution is -0.137. The molecule has 0 atom stereocenters. The number of halogens is 4. The van der Waals surface area contributed by atoms with Crippen molar-refractivity contribution in [2.45, 2.75) is 12.7 Å². The van der Waals surface area contributed by atoms with Crippen molar-refractivity contribution in [3.05, 3.63) is 64.7 Å². The van der Waals surface area contributed by atoms with Crippen LogP contribution in [0.3, 0.4) is 0 Å². The van der Waals surface area contributed by atoms with Gasteiger partial charge in [0.1, 0.15) is 0 Å². The summed E-state index contributed by atoms with van der Waals surface area (Å²) in [6.45, 7) is 2.65. The van der Waals surface area contributed by atoms with Crippen molar-refractivity contribution in [2.24, 2.45) is 0 Å². The molecule has 2 aromatic rings.